The van der Waals surface area contributed by atoms with Crippen LogP contribution in [0.4, 0.5) is 0 Å². The van der Waals surface area contributed by atoms with Gasteiger partial charge in [0.25, 0.3) is 5.91 Å². The molecular formula is C17H21N3O3. The summed E-state index contributed by atoms with van der Waals surface area (Å²) in [6, 6.07) is 5.65. The van der Waals surface area contributed by atoms with Crippen molar-refractivity contribution in [3.05, 3.63) is 41.4 Å². The molecule has 2 atom stereocenters. The molecule has 0 aromatic carbocycles. The number of aromatic nitrogens is 1. The van der Waals surface area contributed by atoms with Crippen LogP contribution in [0.15, 0.2) is 28.9 Å². The molecule has 122 valence electrons. The van der Waals surface area contributed by atoms with Crippen LogP contribution in [0, 0.1) is 24.2 Å². The van der Waals surface area contributed by atoms with Gasteiger partial charge in [-0.1, -0.05) is 20.3 Å². The van der Waals surface area contributed by atoms with E-state index in [0.717, 1.165) is 6.42 Å². The zero-order chi connectivity index (χ0) is 17.0. The van der Waals surface area contributed by atoms with Crippen LogP contribution in [0.5, 0.6) is 0 Å². The first-order valence-corrected chi connectivity index (χ1v) is 7.62. The summed E-state index contributed by atoms with van der Waals surface area (Å²) in [5.41, 5.74) is 0.404. The quantitative estimate of drug-likeness (QED) is 0.856. The van der Waals surface area contributed by atoms with Crippen molar-refractivity contribution < 1.29 is 14.3 Å². The van der Waals surface area contributed by atoms with Gasteiger partial charge in [0.2, 0.25) is 5.88 Å². The molecule has 0 spiro atoms. The van der Waals surface area contributed by atoms with E-state index in [4.69, 9.17) is 4.42 Å². The average Bonchev–Trinajstić information content (AvgIpc) is 3.18. The van der Waals surface area contributed by atoms with Crippen molar-refractivity contribution in [2.45, 2.75) is 33.3 Å². The van der Waals surface area contributed by atoms with Crippen molar-refractivity contribution in [2.75, 3.05) is 6.54 Å². The van der Waals surface area contributed by atoms with Crippen molar-refractivity contribution >= 4 is 5.91 Å². The smallest absolute Gasteiger partial charge is 0.256 e. The van der Waals surface area contributed by atoms with Gasteiger partial charge in [0, 0.05) is 18.9 Å². The lowest BCUT2D eigenvalue weighted by atomic mass is 10.0. The van der Waals surface area contributed by atoms with Crippen LogP contribution < -0.4 is 5.32 Å². The fourth-order valence-electron chi connectivity index (χ4n) is 2.32. The highest BCUT2D eigenvalue weighted by Crippen LogP contribution is 2.25. The van der Waals surface area contributed by atoms with Crippen molar-refractivity contribution in [1.29, 1.82) is 5.26 Å². The number of carbonyl (C=O) groups is 1. The van der Waals surface area contributed by atoms with E-state index in [2.05, 4.69) is 5.32 Å². The summed E-state index contributed by atoms with van der Waals surface area (Å²) >= 11 is 0. The second-order valence-electron chi connectivity index (χ2n) is 5.58. The molecule has 6 heteroatoms. The van der Waals surface area contributed by atoms with Crippen LogP contribution in [0.25, 0.3) is 5.88 Å². The van der Waals surface area contributed by atoms with Gasteiger partial charge < -0.3 is 14.8 Å². The van der Waals surface area contributed by atoms with E-state index in [-0.39, 0.29) is 23.6 Å². The van der Waals surface area contributed by atoms with Crippen LogP contribution in [0.2, 0.25) is 0 Å². The predicted octanol–water partition coefficient (Wildman–Crippen LogP) is 2.39. The van der Waals surface area contributed by atoms with Gasteiger partial charge in [-0.3, -0.25) is 9.36 Å². The summed E-state index contributed by atoms with van der Waals surface area (Å²) in [6.07, 6.45) is 3.69. The maximum atomic E-state index is 12.4. The Bertz CT molecular complexity index is 710. The highest BCUT2D eigenvalue weighted by molar-refractivity contribution is 5.98. The molecular weight excluding hydrogens is 294 g/mol. The Morgan fingerprint density at radius 3 is 2.70 bits per heavy atom. The molecule has 2 heterocycles. The Morgan fingerprint density at radius 2 is 2.13 bits per heavy atom. The monoisotopic (exact) mass is 315 g/mol. The normalized spacial score (nSPS) is 13.3. The van der Waals surface area contributed by atoms with Crippen LogP contribution >= 0.6 is 0 Å². The number of nitrogens with one attached hydrogen (secondary N) is 1. The first-order valence-electron chi connectivity index (χ1n) is 7.62. The first kappa shape index (κ1) is 16.8. The number of rotatable bonds is 6. The number of furan rings is 1. The van der Waals surface area contributed by atoms with E-state index in [1.807, 2.05) is 19.9 Å². The highest BCUT2D eigenvalue weighted by Gasteiger charge is 2.25. The van der Waals surface area contributed by atoms with Gasteiger partial charge in [-0.2, -0.15) is 5.26 Å². The minimum absolute atomic E-state index is 0.0895. The third-order valence-electron chi connectivity index (χ3n) is 4.02. The van der Waals surface area contributed by atoms with Crippen molar-refractivity contribution in [1.82, 2.24) is 9.88 Å². The molecule has 0 bridgehead atoms. The number of nitrogens with zero attached hydrogens (tertiary/aromatic N) is 2. The zero-order valence-corrected chi connectivity index (χ0v) is 13.5. The first-order chi connectivity index (χ1) is 11.0. The highest BCUT2D eigenvalue weighted by atomic mass is 16.4. The van der Waals surface area contributed by atoms with E-state index in [0.29, 0.717) is 11.6 Å². The second kappa shape index (κ2) is 7.16. The maximum Gasteiger partial charge on any atom is 0.256 e. The van der Waals surface area contributed by atoms with Crippen LogP contribution in [-0.2, 0) is 0 Å². The van der Waals surface area contributed by atoms with Crippen LogP contribution in [0.1, 0.15) is 41.9 Å². The topological polar surface area (TPSA) is 91.2 Å². The molecule has 0 fully saturated rings. The number of hydrogen-bond donors (Lipinski definition) is 2. The molecule has 0 saturated carbocycles. The average molecular weight is 315 g/mol. The van der Waals surface area contributed by atoms with Gasteiger partial charge in [-0.05, 0) is 25.0 Å². The van der Waals surface area contributed by atoms with E-state index in [9.17, 15) is 15.2 Å². The summed E-state index contributed by atoms with van der Waals surface area (Å²) in [4.78, 5) is 12.4. The Morgan fingerprint density at radius 1 is 1.48 bits per heavy atom. The fourth-order valence-corrected chi connectivity index (χ4v) is 2.32. The Balaban J connectivity index is 2.23. The lowest BCUT2D eigenvalue weighted by Gasteiger charge is -2.17. The summed E-state index contributed by atoms with van der Waals surface area (Å²) in [5.74, 6) is 0.374. The summed E-state index contributed by atoms with van der Waals surface area (Å²) in [6.45, 7) is 5.69. The fraction of sp³-hybridized carbons (Fsp3) is 0.412. The van der Waals surface area contributed by atoms with Crippen molar-refractivity contribution in [3.63, 3.8) is 0 Å². The molecule has 0 saturated heterocycles. The number of aliphatic hydroxyl groups excluding tert-OH is 1. The zero-order valence-electron chi connectivity index (χ0n) is 13.5. The minimum Gasteiger partial charge on any atom is -0.443 e. The minimum atomic E-state index is -0.620. The molecule has 2 rings (SSSR count). The lowest BCUT2D eigenvalue weighted by Crippen LogP contribution is -2.35. The van der Waals surface area contributed by atoms with Crippen molar-refractivity contribution in [2.24, 2.45) is 5.92 Å². The largest absolute Gasteiger partial charge is 0.443 e. The molecule has 0 aliphatic heterocycles. The number of hydrogen-bond acceptors (Lipinski definition) is 4. The predicted molar refractivity (Wildman–Crippen MR) is 85.3 cm³/mol. The van der Waals surface area contributed by atoms with Crippen LogP contribution in [-0.4, -0.2) is 28.2 Å². The lowest BCUT2D eigenvalue weighted by molar-refractivity contribution is 0.0848. The van der Waals surface area contributed by atoms with Gasteiger partial charge in [0.05, 0.1) is 6.10 Å². The molecule has 2 aromatic rings. The van der Waals surface area contributed by atoms with Gasteiger partial charge >= 0.3 is 0 Å². The van der Waals surface area contributed by atoms with Crippen LogP contribution in [0.3, 0.4) is 0 Å². The molecule has 1 amide bonds. The summed E-state index contributed by atoms with van der Waals surface area (Å²) < 4.78 is 7.24. The third-order valence-corrected chi connectivity index (χ3v) is 4.02. The van der Waals surface area contributed by atoms with Gasteiger partial charge in [-0.15, -0.1) is 0 Å². The number of carbonyl (C=O) groups excluding carboxylic acids is 1. The number of amides is 1. The molecule has 2 unspecified atom stereocenters. The molecule has 2 N–H and O–H groups in total. The van der Waals surface area contributed by atoms with Gasteiger partial charge in [-0.25, -0.2) is 0 Å². The van der Waals surface area contributed by atoms with Crippen molar-refractivity contribution in [3.8, 4) is 12.0 Å². The van der Waals surface area contributed by atoms with Gasteiger partial charge in [0.1, 0.15) is 23.0 Å². The molecule has 0 radical (unpaired) electrons. The maximum absolute atomic E-state index is 12.4. The number of aliphatic hydroxyl groups is 1. The van der Waals surface area contributed by atoms with E-state index < -0.39 is 12.0 Å². The third kappa shape index (κ3) is 3.46. The molecule has 6 nitrogen and oxygen atoms in total. The van der Waals surface area contributed by atoms with E-state index in [1.165, 1.54) is 0 Å². The molecule has 0 aliphatic carbocycles. The molecule has 2 aromatic heterocycles. The summed E-state index contributed by atoms with van der Waals surface area (Å²) in [7, 11) is 0. The summed E-state index contributed by atoms with van der Waals surface area (Å²) in [5, 5.41) is 22.0. The number of nitriles is 1. The Hall–Kier alpha value is -2.52. The standard InChI is InChI=1S/C17H21N3O3/c1-4-11(2)14(21)10-19-16(22)15-12(3)23-17(13(15)9-18)20-7-5-6-8-20/h5-8,11,14,21H,4,10H2,1-3H3,(H,19,22). The Kier molecular flexibility index (Phi) is 5.24. The molecule has 23 heavy (non-hydrogen) atoms. The van der Waals surface area contributed by atoms with E-state index >= 15 is 0 Å². The SMILES string of the molecule is CCC(C)C(O)CNC(=O)c1c(C)oc(-n2cccc2)c1C#N. The van der Waals surface area contributed by atoms with Gasteiger partial charge in [0.15, 0.2) is 0 Å². The second-order valence-corrected chi connectivity index (χ2v) is 5.58. The number of aryl methyl sites for hydroxylation is 1. The van der Waals surface area contributed by atoms with E-state index in [1.54, 1.807) is 36.0 Å². The molecule has 0 aliphatic rings. The Labute approximate surface area is 135 Å².